The molecule has 0 bridgehead atoms. The predicted octanol–water partition coefficient (Wildman–Crippen LogP) is 5.99. The van der Waals surface area contributed by atoms with Crippen LogP contribution in [0.25, 0.3) is 11.1 Å². The first-order chi connectivity index (χ1) is 14.2. The van der Waals surface area contributed by atoms with E-state index < -0.39 is 0 Å². The van der Waals surface area contributed by atoms with Gasteiger partial charge in [0.1, 0.15) is 0 Å². The molecule has 7 heteroatoms. The number of anilines is 4. The minimum absolute atomic E-state index is 0.515. The number of hydrogen-bond acceptors (Lipinski definition) is 5. The molecule has 0 amide bonds. The minimum Gasteiger partial charge on any atom is -0.324 e. The number of aromatic nitrogens is 4. The van der Waals surface area contributed by atoms with Gasteiger partial charge in [0, 0.05) is 29.6 Å². The highest BCUT2D eigenvalue weighted by Crippen LogP contribution is 2.39. The fourth-order valence-corrected chi connectivity index (χ4v) is 3.44. The van der Waals surface area contributed by atoms with E-state index in [1.807, 2.05) is 36.4 Å². The molecule has 0 atom stereocenters. The van der Waals surface area contributed by atoms with Crippen LogP contribution in [0.2, 0.25) is 0 Å². The zero-order chi connectivity index (χ0) is 19.6. The number of benzene rings is 2. The van der Waals surface area contributed by atoms with Gasteiger partial charge in [-0.2, -0.15) is 10.1 Å². The minimum atomic E-state index is 0.515. The third-order valence-electron chi connectivity index (χ3n) is 4.85. The second-order valence-corrected chi connectivity index (χ2v) is 7.92. The van der Waals surface area contributed by atoms with Gasteiger partial charge < -0.3 is 10.6 Å². The Balaban J connectivity index is 1.31. The average Bonchev–Trinajstić information content (AvgIpc) is 3.51. The van der Waals surface area contributed by atoms with Gasteiger partial charge in [-0.25, -0.2) is 4.98 Å². The van der Waals surface area contributed by atoms with Gasteiger partial charge in [-0.1, -0.05) is 42.5 Å². The van der Waals surface area contributed by atoms with Crippen LogP contribution < -0.4 is 10.6 Å². The van der Waals surface area contributed by atoms with Gasteiger partial charge >= 0.3 is 0 Å². The summed E-state index contributed by atoms with van der Waals surface area (Å²) in [5.41, 5.74) is 4.46. The number of hydrogen-bond donors (Lipinski definition) is 3. The van der Waals surface area contributed by atoms with Crippen molar-refractivity contribution in [3.05, 3.63) is 77.0 Å². The molecule has 5 rings (SSSR count). The van der Waals surface area contributed by atoms with Crippen molar-refractivity contribution < 1.29 is 0 Å². The molecule has 144 valence electrons. The van der Waals surface area contributed by atoms with E-state index in [0.29, 0.717) is 17.7 Å². The number of aromatic amines is 1. The number of nitrogens with one attached hydrogen (secondary N) is 3. The van der Waals surface area contributed by atoms with Crippen molar-refractivity contribution in [3.63, 3.8) is 0 Å². The predicted molar refractivity (Wildman–Crippen MR) is 119 cm³/mol. The number of H-pyrrole nitrogens is 1. The fraction of sp³-hybridized carbons (Fsp3) is 0.136. The fourth-order valence-electron chi connectivity index (χ4n) is 3.15. The summed E-state index contributed by atoms with van der Waals surface area (Å²) in [6.07, 6.45) is 4.19. The molecule has 2 heterocycles. The van der Waals surface area contributed by atoms with Crippen LogP contribution in [0, 0.1) is 0 Å². The van der Waals surface area contributed by atoms with Crippen molar-refractivity contribution in [2.45, 2.75) is 18.8 Å². The first-order valence-electron chi connectivity index (χ1n) is 9.52. The molecule has 1 aliphatic rings. The highest BCUT2D eigenvalue weighted by molar-refractivity contribution is 9.10. The summed E-state index contributed by atoms with van der Waals surface area (Å²) in [5.74, 6) is 2.56. The Hall–Kier alpha value is -3.19. The topological polar surface area (TPSA) is 78.5 Å². The third kappa shape index (κ3) is 4.14. The number of rotatable bonds is 6. The molecule has 0 radical (unpaired) electrons. The summed E-state index contributed by atoms with van der Waals surface area (Å²) >= 11 is 3.50. The first kappa shape index (κ1) is 17.9. The molecule has 1 aliphatic carbocycles. The van der Waals surface area contributed by atoms with Crippen LogP contribution in [-0.2, 0) is 0 Å². The third-order valence-corrected chi connectivity index (χ3v) is 5.43. The van der Waals surface area contributed by atoms with E-state index >= 15 is 0 Å². The molecule has 0 spiro atoms. The van der Waals surface area contributed by atoms with E-state index in [1.54, 1.807) is 6.20 Å². The maximum atomic E-state index is 4.58. The maximum Gasteiger partial charge on any atom is 0.229 e. The van der Waals surface area contributed by atoms with E-state index in [0.717, 1.165) is 16.0 Å². The Labute approximate surface area is 176 Å². The van der Waals surface area contributed by atoms with Crippen molar-refractivity contribution in [2.75, 3.05) is 10.6 Å². The molecule has 1 saturated carbocycles. The van der Waals surface area contributed by atoms with Gasteiger partial charge in [-0.05, 0) is 52.0 Å². The first-order valence-corrected chi connectivity index (χ1v) is 10.3. The molecule has 29 heavy (non-hydrogen) atoms. The highest BCUT2D eigenvalue weighted by atomic mass is 79.9. The van der Waals surface area contributed by atoms with E-state index in [-0.39, 0.29) is 0 Å². The van der Waals surface area contributed by atoms with Crippen LogP contribution >= 0.6 is 15.9 Å². The zero-order valence-corrected chi connectivity index (χ0v) is 17.1. The van der Waals surface area contributed by atoms with E-state index in [2.05, 4.69) is 71.0 Å². The molecule has 0 aliphatic heterocycles. The summed E-state index contributed by atoms with van der Waals surface area (Å²) in [7, 11) is 0. The normalized spacial score (nSPS) is 13.3. The van der Waals surface area contributed by atoms with Crippen LogP contribution in [0.4, 0.5) is 23.3 Å². The Kier molecular flexibility index (Phi) is 4.73. The molecule has 0 unspecified atom stereocenters. The lowest BCUT2D eigenvalue weighted by molar-refractivity contribution is 0.966. The largest absolute Gasteiger partial charge is 0.324 e. The van der Waals surface area contributed by atoms with Gasteiger partial charge in [-0.3, -0.25) is 5.10 Å². The lowest BCUT2D eigenvalue weighted by atomic mass is 10.1. The summed E-state index contributed by atoms with van der Waals surface area (Å²) in [4.78, 5) is 8.94. The van der Waals surface area contributed by atoms with Crippen molar-refractivity contribution in [1.82, 2.24) is 20.2 Å². The van der Waals surface area contributed by atoms with Crippen LogP contribution in [0.15, 0.2) is 71.3 Å². The molecule has 1 fully saturated rings. The van der Waals surface area contributed by atoms with Gasteiger partial charge in [0.25, 0.3) is 0 Å². The summed E-state index contributed by atoms with van der Waals surface area (Å²) < 4.78 is 0.776. The Morgan fingerprint density at radius 2 is 1.69 bits per heavy atom. The molecule has 0 saturated heterocycles. The lowest BCUT2D eigenvalue weighted by Gasteiger charge is -2.09. The van der Waals surface area contributed by atoms with Gasteiger partial charge in [0.15, 0.2) is 11.6 Å². The Bertz CT molecular complexity index is 1120. The average molecular weight is 447 g/mol. The van der Waals surface area contributed by atoms with Crippen LogP contribution in [-0.4, -0.2) is 20.2 Å². The number of nitrogens with zero attached hydrogens (tertiary/aromatic N) is 3. The Morgan fingerprint density at radius 3 is 2.45 bits per heavy atom. The molecule has 4 aromatic rings. The van der Waals surface area contributed by atoms with Crippen LogP contribution in [0.5, 0.6) is 0 Å². The Morgan fingerprint density at radius 1 is 0.931 bits per heavy atom. The molecule has 6 nitrogen and oxygen atoms in total. The van der Waals surface area contributed by atoms with E-state index in [4.69, 9.17) is 0 Å². The molecule has 2 aromatic heterocycles. The van der Waals surface area contributed by atoms with Gasteiger partial charge in [-0.15, -0.1) is 0 Å². The SMILES string of the molecule is Brc1cnc(Nc2ccc(-c3ccccc3)cc2)nc1Nc1cc(C2CC2)[nH]n1. The lowest BCUT2D eigenvalue weighted by Crippen LogP contribution is -2.01. The highest BCUT2D eigenvalue weighted by Gasteiger charge is 2.25. The van der Waals surface area contributed by atoms with Gasteiger partial charge in [0.05, 0.1) is 4.47 Å². The van der Waals surface area contributed by atoms with Crippen LogP contribution in [0.1, 0.15) is 24.5 Å². The van der Waals surface area contributed by atoms with Crippen molar-refractivity contribution in [1.29, 1.82) is 0 Å². The molecule has 3 N–H and O–H groups in total. The molecular formula is C22H19BrN6. The summed E-state index contributed by atoms with van der Waals surface area (Å²) in [5, 5.41) is 13.9. The molecule has 2 aromatic carbocycles. The monoisotopic (exact) mass is 446 g/mol. The van der Waals surface area contributed by atoms with Gasteiger partial charge in [0.2, 0.25) is 5.95 Å². The maximum absolute atomic E-state index is 4.58. The zero-order valence-electron chi connectivity index (χ0n) is 15.6. The molecular weight excluding hydrogens is 428 g/mol. The van der Waals surface area contributed by atoms with Crippen molar-refractivity contribution >= 4 is 39.2 Å². The second kappa shape index (κ2) is 7.67. The van der Waals surface area contributed by atoms with Crippen molar-refractivity contribution in [2.24, 2.45) is 0 Å². The van der Waals surface area contributed by atoms with E-state index in [9.17, 15) is 0 Å². The van der Waals surface area contributed by atoms with Crippen LogP contribution in [0.3, 0.4) is 0 Å². The smallest absolute Gasteiger partial charge is 0.229 e. The summed E-state index contributed by atoms with van der Waals surface area (Å²) in [6.45, 7) is 0. The quantitative estimate of drug-likeness (QED) is 0.338. The second-order valence-electron chi connectivity index (χ2n) is 7.07. The number of halogens is 1. The summed E-state index contributed by atoms with van der Waals surface area (Å²) in [6, 6.07) is 20.6. The van der Waals surface area contributed by atoms with Crippen molar-refractivity contribution in [3.8, 4) is 11.1 Å². The van der Waals surface area contributed by atoms with E-state index in [1.165, 1.54) is 29.7 Å². The standard InChI is InChI=1S/C22H19BrN6/c23-18-13-24-22(27-21(18)26-20-12-19(28-29-20)16-6-7-16)25-17-10-8-15(9-11-17)14-4-2-1-3-5-14/h1-5,8-13,16H,6-7H2,(H3,24,25,26,27,28,29).